The van der Waals surface area contributed by atoms with Crippen molar-refractivity contribution in [2.45, 2.75) is 31.7 Å². The van der Waals surface area contributed by atoms with E-state index in [2.05, 4.69) is 22.1 Å². The Balaban J connectivity index is 0.000000755. The molecule has 1 heterocycles. The Morgan fingerprint density at radius 2 is 1.90 bits per heavy atom. The summed E-state index contributed by atoms with van der Waals surface area (Å²) in [6, 6.07) is 16.0. The van der Waals surface area contributed by atoms with Crippen molar-refractivity contribution in [2.24, 2.45) is 0 Å². The van der Waals surface area contributed by atoms with Gasteiger partial charge in [0.05, 0.1) is 5.52 Å². The number of hydrogen-bond donors (Lipinski definition) is 2. The summed E-state index contributed by atoms with van der Waals surface area (Å²) in [5.74, 6) is 0.575. The number of carbonyl (C=O) groups excluding carboxylic acids is 1. The SMILES string of the molecule is CN(Cc1ccccc1)C(=O)c1nc(N)nc2ccc(C3CCC3)cc12.O=CO. The van der Waals surface area contributed by atoms with Crippen LogP contribution in [0.2, 0.25) is 0 Å². The van der Waals surface area contributed by atoms with Crippen LogP contribution in [0.4, 0.5) is 5.95 Å². The zero-order valence-corrected chi connectivity index (χ0v) is 16.3. The predicted molar refractivity (Wildman–Crippen MR) is 111 cm³/mol. The first-order chi connectivity index (χ1) is 14.0. The maximum absolute atomic E-state index is 13.1. The average molecular weight is 392 g/mol. The van der Waals surface area contributed by atoms with Crippen LogP contribution >= 0.6 is 0 Å². The van der Waals surface area contributed by atoms with Gasteiger partial charge in [0.15, 0.2) is 0 Å². The molecule has 0 saturated heterocycles. The molecule has 1 aliphatic rings. The second-order valence-electron chi connectivity index (χ2n) is 7.09. The van der Waals surface area contributed by atoms with E-state index in [0.717, 1.165) is 16.5 Å². The Morgan fingerprint density at radius 3 is 2.52 bits per heavy atom. The average Bonchev–Trinajstić information content (AvgIpc) is 2.67. The second-order valence-corrected chi connectivity index (χ2v) is 7.09. The minimum absolute atomic E-state index is 0.130. The van der Waals surface area contributed by atoms with Crippen LogP contribution < -0.4 is 5.73 Å². The lowest BCUT2D eigenvalue weighted by Crippen LogP contribution is -2.27. The molecule has 1 saturated carbocycles. The van der Waals surface area contributed by atoms with Crippen LogP contribution in [0, 0.1) is 0 Å². The molecule has 7 nitrogen and oxygen atoms in total. The largest absolute Gasteiger partial charge is 0.483 e. The number of amides is 1. The van der Waals surface area contributed by atoms with Gasteiger partial charge in [0, 0.05) is 19.0 Å². The van der Waals surface area contributed by atoms with Gasteiger partial charge in [-0.25, -0.2) is 9.97 Å². The van der Waals surface area contributed by atoms with Gasteiger partial charge in [0.1, 0.15) is 5.69 Å². The molecule has 7 heteroatoms. The van der Waals surface area contributed by atoms with Gasteiger partial charge < -0.3 is 15.7 Å². The van der Waals surface area contributed by atoms with Crippen molar-refractivity contribution in [3.8, 4) is 0 Å². The molecule has 0 unspecified atom stereocenters. The number of carboxylic acid groups (broad SMARTS) is 1. The van der Waals surface area contributed by atoms with Gasteiger partial charge in [-0.15, -0.1) is 0 Å². The molecule has 3 N–H and O–H groups in total. The zero-order chi connectivity index (χ0) is 20.8. The fourth-order valence-corrected chi connectivity index (χ4v) is 3.43. The lowest BCUT2D eigenvalue weighted by Gasteiger charge is -2.26. The van der Waals surface area contributed by atoms with Gasteiger partial charge in [-0.05, 0) is 42.0 Å². The van der Waals surface area contributed by atoms with E-state index in [9.17, 15) is 4.79 Å². The second kappa shape index (κ2) is 9.14. The summed E-state index contributed by atoms with van der Waals surface area (Å²) in [5.41, 5.74) is 9.29. The predicted octanol–water partition coefficient (Wildman–Crippen LogP) is 3.45. The topological polar surface area (TPSA) is 109 Å². The highest BCUT2D eigenvalue weighted by atomic mass is 16.3. The van der Waals surface area contributed by atoms with E-state index in [0.29, 0.717) is 18.2 Å². The van der Waals surface area contributed by atoms with Crippen molar-refractivity contribution in [3.05, 3.63) is 65.4 Å². The third-order valence-electron chi connectivity index (χ3n) is 5.13. The van der Waals surface area contributed by atoms with Crippen molar-refractivity contribution in [1.82, 2.24) is 14.9 Å². The number of rotatable bonds is 4. The molecule has 150 valence electrons. The molecular weight excluding hydrogens is 368 g/mol. The molecule has 0 spiro atoms. The highest BCUT2D eigenvalue weighted by Gasteiger charge is 2.23. The van der Waals surface area contributed by atoms with E-state index in [-0.39, 0.29) is 18.3 Å². The van der Waals surface area contributed by atoms with Crippen LogP contribution in [-0.4, -0.2) is 39.4 Å². The number of nitrogens with two attached hydrogens (primary N) is 1. The van der Waals surface area contributed by atoms with Gasteiger partial charge in [-0.2, -0.15) is 0 Å². The highest BCUT2D eigenvalue weighted by Crippen LogP contribution is 2.37. The first-order valence-electron chi connectivity index (χ1n) is 9.48. The molecule has 1 aliphatic carbocycles. The van der Waals surface area contributed by atoms with Gasteiger partial charge >= 0.3 is 0 Å². The number of hydrogen-bond acceptors (Lipinski definition) is 5. The van der Waals surface area contributed by atoms with Crippen LogP contribution in [0.3, 0.4) is 0 Å². The minimum Gasteiger partial charge on any atom is -0.483 e. The van der Waals surface area contributed by atoms with Crippen molar-refractivity contribution in [1.29, 1.82) is 0 Å². The number of nitrogen functional groups attached to an aromatic ring is 1. The molecule has 1 amide bonds. The first kappa shape index (κ1) is 20.3. The fourth-order valence-electron chi connectivity index (χ4n) is 3.43. The van der Waals surface area contributed by atoms with E-state index >= 15 is 0 Å². The Bertz CT molecular complexity index is 1000. The third-order valence-corrected chi connectivity index (χ3v) is 5.13. The van der Waals surface area contributed by atoms with Crippen molar-refractivity contribution in [3.63, 3.8) is 0 Å². The van der Waals surface area contributed by atoms with Crippen LogP contribution in [-0.2, 0) is 11.3 Å². The number of benzene rings is 2. The van der Waals surface area contributed by atoms with Gasteiger partial charge in [0.25, 0.3) is 12.4 Å². The number of nitrogens with zero attached hydrogens (tertiary/aromatic N) is 3. The van der Waals surface area contributed by atoms with E-state index in [4.69, 9.17) is 15.6 Å². The third kappa shape index (κ3) is 4.68. The van der Waals surface area contributed by atoms with E-state index < -0.39 is 0 Å². The summed E-state index contributed by atoms with van der Waals surface area (Å²) in [7, 11) is 1.79. The Hall–Kier alpha value is -3.48. The highest BCUT2D eigenvalue weighted by molar-refractivity contribution is 6.04. The Kier molecular flexibility index (Phi) is 6.39. The summed E-state index contributed by atoms with van der Waals surface area (Å²) < 4.78 is 0. The molecule has 2 aromatic carbocycles. The smallest absolute Gasteiger partial charge is 0.290 e. The first-order valence-corrected chi connectivity index (χ1v) is 9.48. The molecule has 0 atom stereocenters. The minimum atomic E-state index is -0.250. The van der Waals surface area contributed by atoms with E-state index in [1.807, 2.05) is 36.4 Å². The monoisotopic (exact) mass is 392 g/mol. The standard InChI is InChI=1S/C21H22N4O.CH2O2/c1-25(13-14-6-3-2-4-7-14)20(26)19-17-12-16(15-8-5-9-15)10-11-18(17)23-21(22)24-19;2-1-3/h2-4,6-7,10-12,15H,5,8-9,13H2,1H3,(H2,22,23,24);1H,(H,2,3). The number of aromatic nitrogens is 2. The van der Waals surface area contributed by atoms with Crippen molar-refractivity contribution < 1.29 is 14.7 Å². The van der Waals surface area contributed by atoms with Crippen molar-refractivity contribution >= 4 is 29.2 Å². The molecule has 3 aromatic rings. The number of anilines is 1. The van der Waals surface area contributed by atoms with Crippen LogP contribution in [0.25, 0.3) is 10.9 Å². The number of carbonyl (C=O) groups is 2. The van der Waals surface area contributed by atoms with Gasteiger partial charge in [0.2, 0.25) is 5.95 Å². The van der Waals surface area contributed by atoms with Gasteiger partial charge in [-0.1, -0.05) is 42.8 Å². The lowest BCUT2D eigenvalue weighted by molar-refractivity contribution is -0.122. The normalized spacial score (nSPS) is 13.1. The van der Waals surface area contributed by atoms with Crippen LogP contribution in [0.15, 0.2) is 48.5 Å². The molecule has 4 rings (SSSR count). The van der Waals surface area contributed by atoms with Crippen LogP contribution in [0.1, 0.15) is 46.8 Å². The summed E-state index contributed by atoms with van der Waals surface area (Å²) >= 11 is 0. The zero-order valence-electron chi connectivity index (χ0n) is 16.3. The summed E-state index contributed by atoms with van der Waals surface area (Å²) in [4.78, 5) is 31.7. The van der Waals surface area contributed by atoms with Crippen molar-refractivity contribution in [2.75, 3.05) is 12.8 Å². The molecular formula is C22H24N4O3. The maximum Gasteiger partial charge on any atom is 0.290 e. The maximum atomic E-state index is 13.1. The summed E-state index contributed by atoms with van der Waals surface area (Å²) in [6.45, 7) is 0.271. The fraction of sp³-hybridized carbons (Fsp3) is 0.273. The lowest BCUT2D eigenvalue weighted by atomic mass is 9.80. The van der Waals surface area contributed by atoms with Crippen LogP contribution in [0.5, 0.6) is 0 Å². The molecule has 0 bridgehead atoms. The molecule has 0 radical (unpaired) electrons. The Labute approximate surface area is 169 Å². The number of fused-ring (bicyclic) bond motifs is 1. The molecule has 29 heavy (non-hydrogen) atoms. The molecule has 0 aliphatic heterocycles. The Morgan fingerprint density at radius 1 is 1.21 bits per heavy atom. The van der Waals surface area contributed by atoms with Gasteiger partial charge in [-0.3, -0.25) is 9.59 Å². The molecule has 1 aromatic heterocycles. The summed E-state index contributed by atoms with van der Waals surface area (Å²) in [5, 5.41) is 7.67. The quantitative estimate of drug-likeness (QED) is 0.658. The molecule has 1 fully saturated rings. The summed E-state index contributed by atoms with van der Waals surface area (Å²) in [6.07, 6.45) is 3.68. The van der Waals surface area contributed by atoms with E-state index in [1.54, 1.807) is 11.9 Å². The van der Waals surface area contributed by atoms with E-state index in [1.165, 1.54) is 24.8 Å².